The summed E-state index contributed by atoms with van der Waals surface area (Å²) in [4.78, 5) is 31.9. The molecule has 1 aliphatic heterocycles. The van der Waals surface area contributed by atoms with Crippen molar-refractivity contribution in [3.63, 3.8) is 0 Å². The van der Waals surface area contributed by atoms with Crippen LogP contribution in [-0.4, -0.2) is 54.8 Å². The molecule has 1 amide bonds. The van der Waals surface area contributed by atoms with E-state index in [1.807, 2.05) is 36.1 Å². The number of amides is 1. The average Bonchev–Trinajstić information content (AvgIpc) is 3.65. The van der Waals surface area contributed by atoms with Crippen LogP contribution < -0.4 is 4.74 Å². The normalized spacial score (nSPS) is 15.8. The predicted molar refractivity (Wildman–Crippen MR) is 159 cm³/mol. The predicted octanol–water partition coefficient (Wildman–Crippen LogP) is 6.21. The van der Waals surface area contributed by atoms with E-state index in [1.165, 1.54) is 23.5 Å². The molecule has 0 spiro atoms. The summed E-state index contributed by atoms with van der Waals surface area (Å²) in [5.41, 5.74) is 0.620. The SMILES string of the molecule is Cc1cc(COc2ccc(C3CCN(C(=O)C4CC4)CC3)c(CO)c2)c(-c2cccc(-n3ncc(C(=O)O)c3C(F)(F)F)n2)s1. The fraction of sp³-hybridized carbons (Fsp3) is 0.375. The minimum absolute atomic E-state index is 0.149. The standard InChI is InChI=1S/C32H31F3N4O5S/c1-18-13-22(28(45-18)26-3-2-4-27(37-26)39-29(32(33,34)35)25(15-36-39)31(42)43)17-44-23-7-8-24(21(14-23)16-40)19-9-11-38(12-10-19)30(41)20-5-6-20/h2-4,7-8,13-15,19-20,40H,5-6,9-12,16-17H2,1H3,(H,42,43). The van der Waals surface area contributed by atoms with Gasteiger partial charge in [-0.3, -0.25) is 4.79 Å². The zero-order valence-electron chi connectivity index (χ0n) is 24.4. The molecule has 2 fully saturated rings. The first-order valence-electron chi connectivity index (χ1n) is 14.6. The molecule has 2 aliphatic rings. The molecular formula is C32H31F3N4O5S. The van der Waals surface area contributed by atoms with Crippen molar-refractivity contribution in [2.75, 3.05) is 13.1 Å². The molecule has 45 heavy (non-hydrogen) atoms. The number of carboxylic acid groups (broad SMARTS) is 1. The van der Waals surface area contributed by atoms with E-state index in [0.717, 1.165) is 60.3 Å². The van der Waals surface area contributed by atoms with Crippen LogP contribution in [0.2, 0.25) is 0 Å². The third-order valence-electron chi connectivity index (χ3n) is 8.24. The lowest BCUT2D eigenvalue weighted by Gasteiger charge is -2.33. The summed E-state index contributed by atoms with van der Waals surface area (Å²) in [6.07, 6.45) is -0.623. The molecule has 1 saturated heterocycles. The molecule has 6 rings (SSSR count). The number of carboxylic acids is 1. The van der Waals surface area contributed by atoms with E-state index in [1.54, 1.807) is 6.07 Å². The summed E-state index contributed by atoms with van der Waals surface area (Å²) in [6, 6.07) is 12.1. The molecule has 2 N–H and O–H groups in total. The van der Waals surface area contributed by atoms with Crippen LogP contribution in [0.3, 0.4) is 0 Å². The van der Waals surface area contributed by atoms with Crippen molar-refractivity contribution in [3.8, 4) is 22.1 Å². The smallest absolute Gasteiger partial charge is 0.434 e. The fourth-order valence-corrected chi connectivity index (χ4v) is 6.87. The van der Waals surface area contributed by atoms with Crippen LogP contribution >= 0.6 is 11.3 Å². The monoisotopic (exact) mass is 640 g/mol. The third kappa shape index (κ3) is 6.45. The number of pyridine rings is 1. The first-order valence-corrected chi connectivity index (χ1v) is 15.5. The minimum Gasteiger partial charge on any atom is -0.489 e. The molecular weight excluding hydrogens is 609 g/mol. The number of aliphatic hydroxyl groups is 1. The second-order valence-electron chi connectivity index (χ2n) is 11.4. The van der Waals surface area contributed by atoms with Crippen molar-refractivity contribution < 1.29 is 37.7 Å². The van der Waals surface area contributed by atoms with Gasteiger partial charge in [0.15, 0.2) is 11.5 Å². The van der Waals surface area contributed by atoms with Gasteiger partial charge in [-0.2, -0.15) is 18.3 Å². The van der Waals surface area contributed by atoms with Crippen molar-refractivity contribution in [3.05, 3.63) is 81.5 Å². The fourth-order valence-electron chi connectivity index (χ4n) is 5.88. The van der Waals surface area contributed by atoms with Crippen LogP contribution in [-0.2, 0) is 24.2 Å². The minimum atomic E-state index is -4.96. The number of halogens is 3. The van der Waals surface area contributed by atoms with Crippen molar-refractivity contribution >= 4 is 23.2 Å². The van der Waals surface area contributed by atoms with E-state index >= 15 is 0 Å². The van der Waals surface area contributed by atoms with Gasteiger partial charge in [-0.05, 0) is 80.0 Å². The molecule has 0 bridgehead atoms. The molecule has 0 radical (unpaired) electrons. The van der Waals surface area contributed by atoms with Crippen LogP contribution in [0.5, 0.6) is 5.75 Å². The molecule has 9 nitrogen and oxygen atoms in total. The number of piperidine rings is 1. The zero-order chi connectivity index (χ0) is 31.9. The highest BCUT2D eigenvalue weighted by Gasteiger charge is 2.41. The Balaban J connectivity index is 1.19. The van der Waals surface area contributed by atoms with E-state index in [2.05, 4.69) is 10.1 Å². The first kappa shape index (κ1) is 30.8. The van der Waals surface area contributed by atoms with Crippen LogP contribution in [0.25, 0.3) is 16.4 Å². The molecule has 1 saturated carbocycles. The number of aromatic carboxylic acids is 1. The van der Waals surface area contributed by atoms with E-state index in [9.17, 15) is 33.0 Å². The Morgan fingerprint density at radius 3 is 2.49 bits per heavy atom. The van der Waals surface area contributed by atoms with Gasteiger partial charge < -0.3 is 19.8 Å². The van der Waals surface area contributed by atoms with Gasteiger partial charge in [-0.15, -0.1) is 11.3 Å². The van der Waals surface area contributed by atoms with Gasteiger partial charge in [0.2, 0.25) is 5.91 Å². The number of nitrogens with zero attached hydrogens (tertiary/aromatic N) is 4. The second-order valence-corrected chi connectivity index (χ2v) is 12.7. The number of thiophene rings is 1. The van der Waals surface area contributed by atoms with Gasteiger partial charge in [-0.1, -0.05) is 12.1 Å². The van der Waals surface area contributed by atoms with Crippen LogP contribution in [0.15, 0.2) is 48.7 Å². The Morgan fingerprint density at radius 1 is 1.07 bits per heavy atom. The summed E-state index contributed by atoms with van der Waals surface area (Å²) in [6.45, 7) is 3.34. The van der Waals surface area contributed by atoms with Gasteiger partial charge in [0.05, 0.1) is 23.4 Å². The Morgan fingerprint density at radius 2 is 1.82 bits per heavy atom. The maximum absolute atomic E-state index is 13.8. The lowest BCUT2D eigenvalue weighted by molar-refractivity contribution is -0.143. The van der Waals surface area contributed by atoms with Crippen LogP contribution in [0.4, 0.5) is 13.2 Å². The van der Waals surface area contributed by atoms with E-state index < -0.39 is 23.4 Å². The lowest BCUT2D eigenvalue weighted by Crippen LogP contribution is -2.38. The molecule has 4 heterocycles. The van der Waals surface area contributed by atoms with E-state index in [4.69, 9.17) is 4.74 Å². The Kier molecular flexibility index (Phi) is 8.40. The Labute approximate surface area is 260 Å². The zero-order valence-corrected chi connectivity index (χ0v) is 25.2. The van der Waals surface area contributed by atoms with Crippen molar-refractivity contribution in [2.24, 2.45) is 5.92 Å². The van der Waals surface area contributed by atoms with Gasteiger partial charge in [0, 0.05) is 29.4 Å². The number of ether oxygens (including phenoxy) is 1. The third-order valence-corrected chi connectivity index (χ3v) is 9.35. The van der Waals surface area contributed by atoms with E-state index in [-0.39, 0.29) is 36.8 Å². The van der Waals surface area contributed by atoms with Crippen molar-refractivity contribution in [1.82, 2.24) is 19.7 Å². The number of aryl methyl sites for hydroxylation is 1. The maximum Gasteiger partial charge on any atom is 0.434 e. The average molecular weight is 641 g/mol. The van der Waals surface area contributed by atoms with Crippen molar-refractivity contribution in [1.29, 1.82) is 0 Å². The Bertz CT molecular complexity index is 1740. The lowest BCUT2D eigenvalue weighted by atomic mass is 9.86. The number of rotatable bonds is 9. The van der Waals surface area contributed by atoms with Gasteiger partial charge in [0.25, 0.3) is 0 Å². The van der Waals surface area contributed by atoms with Crippen molar-refractivity contribution in [2.45, 2.75) is 57.9 Å². The first-order chi connectivity index (χ1) is 21.5. The number of likely N-dealkylation sites (tertiary alicyclic amines) is 1. The highest BCUT2D eigenvalue weighted by atomic mass is 32.1. The summed E-state index contributed by atoms with van der Waals surface area (Å²) in [7, 11) is 0. The molecule has 3 aromatic heterocycles. The highest BCUT2D eigenvalue weighted by molar-refractivity contribution is 7.15. The second kappa shape index (κ2) is 12.3. The number of hydrogen-bond donors (Lipinski definition) is 2. The maximum atomic E-state index is 13.8. The number of aromatic nitrogens is 3. The number of carbonyl (C=O) groups excluding carboxylic acids is 1. The number of alkyl halides is 3. The van der Waals surface area contributed by atoms with Gasteiger partial charge in [-0.25, -0.2) is 14.5 Å². The molecule has 0 atom stereocenters. The van der Waals surface area contributed by atoms with Crippen LogP contribution in [0, 0.1) is 12.8 Å². The molecule has 1 aliphatic carbocycles. The molecule has 13 heteroatoms. The van der Waals surface area contributed by atoms with E-state index in [0.29, 0.717) is 27.2 Å². The van der Waals surface area contributed by atoms with Crippen LogP contribution in [0.1, 0.15) is 69.2 Å². The summed E-state index contributed by atoms with van der Waals surface area (Å²) in [5.74, 6) is -0.619. The number of carbonyl (C=O) groups is 2. The highest BCUT2D eigenvalue weighted by Crippen LogP contribution is 2.38. The summed E-state index contributed by atoms with van der Waals surface area (Å²) >= 11 is 1.41. The number of aliphatic hydroxyl groups excluding tert-OH is 1. The number of benzene rings is 1. The van der Waals surface area contributed by atoms with Gasteiger partial charge >= 0.3 is 12.1 Å². The molecule has 4 aromatic rings. The Hall–Kier alpha value is -4.23. The molecule has 1 aromatic carbocycles. The molecule has 236 valence electrons. The quantitative estimate of drug-likeness (QED) is 0.223. The summed E-state index contributed by atoms with van der Waals surface area (Å²) < 4.78 is 48.0. The number of hydrogen-bond acceptors (Lipinski definition) is 7. The molecule has 0 unspecified atom stereocenters. The van der Waals surface area contributed by atoms with Gasteiger partial charge in [0.1, 0.15) is 17.9 Å². The largest absolute Gasteiger partial charge is 0.489 e. The summed E-state index contributed by atoms with van der Waals surface area (Å²) in [5, 5.41) is 23.1. The topological polar surface area (TPSA) is 118 Å².